The van der Waals surface area contributed by atoms with Gasteiger partial charge in [0.25, 0.3) is 0 Å². The zero-order chi connectivity index (χ0) is 19.2. The van der Waals surface area contributed by atoms with Crippen LogP contribution in [-0.4, -0.2) is 26.0 Å². The number of pyridine rings is 1. The van der Waals surface area contributed by atoms with Gasteiger partial charge in [-0.05, 0) is 24.6 Å². The third-order valence-electron chi connectivity index (χ3n) is 3.16. The molecule has 0 aliphatic heterocycles. The number of benzene rings is 1. The van der Waals surface area contributed by atoms with Crippen LogP contribution in [0, 0.1) is 13.0 Å². The summed E-state index contributed by atoms with van der Waals surface area (Å²) in [5.41, 5.74) is 1.06. The first-order chi connectivity index (χ1) is 12.3. The number of hydrogen-bond donors (Lipinski definition) is 1. The number of aromatic nitrogens is 3. The molecule has 0 aliphatic rings. The van der Waals surface area contributed by atoms with Crippen molar-refractivity contribution in [1.82, 2.24) is 15.0 Å². The van der Waals surface area contributed by atoms with Crippen LogP contribution < -0.4 is 0 Å². The number of nitrogens with zero attached hydrogens (tertiary/aromatic N) is 3. The van der Waals surface area contributed by atoms with Crippen LogP contribution in [-0.2, 0) is 26.3 Å². The third kappa shape index (κ3) is 6.54. The van der Waals surface area contributed by atoms with Crippen LogP contribution in [0.25, 0.3) is 11.3 Å². The quantitative estimate of drug-likeness (QED) is 0.486. The maximum Gasteiger partial charge on any atom is 0.381 e. The zero-order valence-electron chi connectivity index (χ0n) is 13.9. The van der Waals surface area contributed by atoms with Crippen LogP contribution in [0.3, 0.4) is 0 Å². The summed E-state index contributed by atoms with van der Waals surface area (Å²) in [4.78, 5) is 21.8. The Labute approximate surface area is 166 Å². The Kier molecular flexibility index (Phi) is 8.21. The average molecular weight is 553 g/mol. The molecule has 0 spiro atoms. The van der Waals surface area contributed by atoms with Gasteiger partial charge in [0.05, 0.1) is 0 Å². The molecule has 1 aromatic carbocycles. The van der Waals surface area contributed by atoms with Gasteiger partial charge in [0.2, 0.25) is 0 Å². The summed E-state index contributed by atoms with van der Waals surface area (Å²) in [7, 11) is 0. The Morgan fingerprint density at radius 2 is 1.74 bits per heavy atom. The molecule has 27 heavy (non-hydrogen) atoms. The van der Waals surface area contributed by atoms with E-state index in [1.165, 1.54) is 30.7 Å². The Morgan fingerprint density at radius 1 is 1.04 bits per heavy atom. The molecule has 5 nitrogen and oxygen atoms in total. The van der Waals surface area contributed by atoms with E-state index in [4.69, 9.17) is 5.11 Å². The Morgan fingerprint density at radius 3 is 2.19 bits per heavy atom. The molecule has 0 aliphatic carbocycles. The fourth-order valence-electron chi connectivity index (χ4n) is 1.91. The Bertz CT molecular complexity index is 873. The number of halogens is 3. The molecule has 0 bridgehead atoms. The smallest absolute Gasteiger partial charge is 0.381 e. The molecule has 2 heterocycles. The van der Waals surface area contributed by atoms with E-state index in [0.717, 1.165) is 12.1 Å². The summed E-state index contributed by atoms with van der Waals surface area (Å²) in [6, 6.07) is 10.6. The molecule has 143 valence electrons. The normalized spacial score (nSPS) is 10.2. The van der Waals surface area contributed by atoms with E-state index in [2.05, 4.69) is 21.0 Å². The van der Waals surface area contributed by atoms with Gasteiger partial charge < -0.3 is 10.1 Å². The number of carboxylic acids is 1. The predicted molar refractivity (Wildman–Crippen MR) is 87.2 cm³/mol. The number of carboxylic acid groups (broad SMARTS) is 1. The fourth-order valence-corrected chi connectivity index (χ4v) is 1.91. The first-order valence-corrected chi connectivity index (χ1v) is 7.30. The molecule has 0 amide bonds. The van der Waals surface area contributed by atoms with Gasteiger partial charge in [-0.15, -0.1) is 29.8 Å². The van der Waals surface area contributed by atoms with Crippen LogP contribution in [0.4, 0.5) is 13.2 Å². The van der Waals surface area contributed by atoms with Gasteiger partial charge in [-0.1, -0.05) is 6.07 Å². The average Bonchev–Trinajstić information content (AvgIpc) is 2.63. The summed E-state index contributed by atoms with van der Waals surface area (Å²) in [6.07, 6.45) is 0.132. The summed E-state index contributed by atoms with van der Waals surface area (Å²) >= 11 is 0. The van der Waals surface area contributed by atoms with Crippen LogP contribution in [0.1, 0.15) is 21.7 Å². The second-order valence-corrected chi connectivity index (χ2v) is 5.00. The fraction of sp³-hybridized carbons (Fsp3) is 0.111. The van der Waals surface area contributed by atoms with E-state index < -0.39 is 17.7 Å². The second-order valence-electron chi connectivity index (χ2n) is 5.00. The number of alkyl halides is 3. The molecule has 1 radical (unpaired) electrons. The van der Waals surface area contributed by atoms with E-state index in [-0.39, 0.29) is 25.8 Å². The van der Waals surface area contributed by atoms with E-state index in [0.29, 0.717) is 17.0 Å². The molecule has 0 saturated carbocycles. The van der Waals surface area contributed by atoms with Crippen molar-refractivity contribution >= 4 is 5.97 Å². The van der Waals surface area contributed by atoms with Crippen molar-refractivity contribution < 1.29 is 43.2 Å². The first kappa shape index (κ1) is 22.4. The molecule has 3 aromatic rings. The molecule has 1 N–H and O–H groups in total. The summed E-state index contributed by atoms with van der Waals surface area (Å²) in [5.74, 6) is -0.990. The number of hydrogen-bond acceptors (Lipinski definition) is 4. The van der Waals surface area contributed by atoms with E-state index >= 15 is 0 Å². The van der Waals surface area contributed by atoms with Gasteiger partial charge in [-0.25, -0.2) is 9.78 Å². The van der Waals surface area contributed by atoms with Crippen molar-refractivity contribution in [1.29, 1.82) is 0 Å². The van der Waals surface area contributed by atoms with E-state index in [1.807, 2.05) is 0 Å². The Balaban J connectivity index is 0.000000310. The molecule has 0 saturated heterocycles. The minimum absolute atomic E-state index is 0. The van der Waals surface area contributed by atoms with E-state index in [9.17, 15) is 18.0 Å². The third-order valence-corrected chi connectivity index (χ3v) is 3.16. The van der Waals surface area contributed by atoms with E-state index in [1.54, 1.807) is 19.1 Å². The van der Waals surface area contributed by atoms with Crippen LogP contribution in [0.2, 0.25) is 0 Å². The zero-order valence-corrected chi connectivity index (χ0v) is 16.3. The predicted octanol–water partition coefficient (Wildman–Crippen LogP) is 4.05. The maximum absolute atomic E-state index is 12.4. The summed E-state index contributed by atoms with van der Waals surface area (Å²) < 4.78 is 37.1. The standard InChI is InChI=1S/C12H8F3N2.C6H5NO2.Ir/c1-8-11(17-7-6-16-8)9-2-4-10(5-3-9)12(13,14)15;8-6(9)5-3-1-2-4-7-5;/h2,4-7H,1H3;1-4H,(H,8,9);/q-1;;. The number of aromatic carboxylic acids is 1. The van der Waals surface area contributed by atoms with Crippen molar-refractivity contribution in [2.75, 3.05) is 0 Å². The van der Waals surface area contributed by atoms with Gasteiger partial charge in [0.1, 0.15) is 5.69 Å². The Hall–Kier alpha value is -2.64. The van der Waals surface area contributed by atoms with Crippen molar-refractivity contribution in [2.24, 2.45) is 0 Å². The second kappa shape index (κ2) is 9.89. The number of rotatable bonds is 2. The van der Waals surface area contributed by atoms with Crippen LogP contribution >= 0.6 is 0 Å². The first-order valence-electron chi connectivity index (χ1n) is 7.30. The molecule has 0 atom stereocenters. The minimum Gasteiger partial charge on any atom is -0.477 e. The van der Waals surface area contributed by atoms with Gasteiger partial charge in [-0.2, -0.15) is 13.2 Å². The van der Waals surface area contributed by atoms with Crippen LogP contribution in [0.5, 0.6) is 0 Å². The van der Waals surface area contributed by atoms with Gasteiger partial charge in [-0.3, -0.25) is 4.98 Å². The number of aryl methyl sites for hydroxylation is 1. The minimum atomic E-state index is -4.34. The molecule has 9 heteroatoms. The SMILES string of the molecule is Cc1nccnc1-c1[c-]cc(C(F)(F)F)cc1.O=C(O)c1ccccn1.[Ir]. The molecule has 2 aromatic heterocycles. The summed E-state index contributed by atoms with van der Waals surface area (Å²) in [6.45, 7) is 1.74. The summed E-state index contributed by atoms with van der Waals surface area (Å²) in [5, 5.41) is 8.32. The number of carbonyl (C=O) groups is 1. The van der Waals surface area contributed by atoms with Gasteiger partial charge >= 0.3 is 12.1 Å². The monoisotopic (exact) mass is 553 g/mol. The molecular formula is C18H13F3IrN3O2-. The van der Waals surface area contributed by atoms with Gasteiger partial charge in [0.15, 0.2) is 0 Å². The molecule has 0 fully saturated rings. The van der Waals surface area contributed by atoms with Crippen LogP contribution in [0.15, 0.2) is 55.0 Å². The van der Waals surface area contributed by atoms with Crippen molar-refractivity contribution in [3.63, 3.8) is 0 Å². The molecule has 3 rings (SSSR count). The maximum atomic E-state index is 12.4. The van der Waals surface area contributed by atoms with Crippen molar-refractivity contribution in [3.05, 3.63) is 78.0 Å². The molecular weight excluding hydrogens is 539 g/mol. The largest absolute Gasteiger partial charge is 0.477 e. The van der Waals surface area contributed by atoms with Gasteiger partial charge in [0, 0.05) is 50.1 Å². The van der Waals surface area contributed by atoms with Crippen molar-refractivity contribution in [3.8, 4) is 11.3 Å². The topological polar surface area (TPSA) is 76.0 Å². The van der Waals surface area contributed by atoms with Crippen molar-refractivity contribution in [2.45, 2.75) is 13.1 Å². The molecule has 0 unspecified atom stereocenters.